The van der Waals surface area contributed by atoms with Crippen LogP contribution in [0, 0.1) is 11.7 Å². The highest BCUT2D eigenvalue weighted by Crippen LogP contribution is 2.36. The van der Waals surface area contributed by atoms with Crippen molar-refractivity contribution in [1.29, 1.82) is 0 Å². The van der Waals surface area contributed by atoms with E-state index in [1.807, 2.05) is 13.1 Å². The maximum atomic E-state index is 13.4. The van der Waals surface area contributed by atoms with E-state index in [0.717, 1.165) is 5.56 Å². The van der Waals surface area contributed by atoms with Gasteiger partial charge in [0.2, 0.25) is 0 Å². The van der Waals surface area contributed by atoms with E-state index in [0.29, 0.717) is 5.92 Å². The fraction of sp³-hybridized carbons (Fsp3) is 0.538. The molecule has 1 atom stereocenters. The topological polar surface area (TPSA) is 12.0 Å². The zero-order valence-corrected chi connectivity index (χ0v) is 10.2. The second-order valence-corrected chi connectivity index (χ2v) is 4.89. The zero-order valence-electron chi connectivity index (χ0n) is 9.47. The summed E-state index contributed by atoms with van der Waals surface area (Å²) in [6.07, 6.45) is 5.04. The van der Waals surface area contributed by atoms with Crippen molar-refractivity contribution in [2.75, 3.05) is 7.05 Å². The number of benzene rings is 1. The molecule has 0 amide bonds. The molecule has 0 radical (unpaired) electrons. The van der Waals surface area contributed by atoms with Crippen LogP contribution in [0.3, 0.4) is 0 Å². The third kappa shape index (κ3) is 2.38. The summed E-state index contributed by atoms with van der Waals surface area (Å²) >= 11 is 5.69. The number of halogens is 2. The summed E-state index contributed by atoms with van der Waals surface area (Å²) in [5.74, 6) is 0.308. The Morgan fingerprint density at radius 3 is 2.62 bits per heavy atom. The van der Waals surface area contributed by atoms with Gasteiger partial charge in [0.25, 0.3) is 0 Å². The average molecular weight is 242 g/mol. The van der Waals surface area contributed by atoms with Crippen molar-refractivity contribution in [2.24, 2.45) is 5.92 Å². The summed E-state index contributed by atoms with van der Waals surface area (Å²) in [4.78, 5) is 0. The van der Waals surface area contributed by atoms with E-state index >= 15 is 0 Å². The van der Waals surface area contributed by atoms with Crippen molar-refractivity contribution in [3.05, 3.63) is 34.6 Å². The fourth-order valence-corrected chi connectivity index (χ4v) is 2.79. The van der Waals surface area contributed by atoms with Gasteiger partial charge in [-0.1, -0.05) is 30.5 Å². The first kappa shape index (κ1) is 11.9. The van der Waals surface area contributed by atoms with Crippen molar-refractivity contribution < 1.29 is 4.39 Å². The Morgan fingerprint density at radius 2 is 2.06 bits per heavy atom. The molecule has 1 aromatic rings. The van der Waals surface area contributed by atoms with E-state index in [-0.39, 0.29) is 16.9 Å². The van der Waals surface area contributed by atoms with E-state index in [1.54, 1.807) is 12.1 Å². The van der Waals surface area contributed by atoms with Gasteiger partial charge in [0.05, 0.1) is 5.02 Å². The lowest BCUT2D eigenvalue weighted by molar-refractivity contribution is 0.389. The third-order valence-corrected chi connectivity index (χ3v) is 3.79. The summed E-state index contributed by atoms with van der Waals surface area (Å²) in [5, 5.41) is 3.50. The molecule has 2 rings (SSSR count). The fourth-order valence-electron chi connectivity index (χ4n) is 2.67. The number of hydrogen-bond acceptors (Lipinski definition) is 1. The first-order valence-electron chi connectivity index (χ1n) is 5.84. The Bertz CT molecular complexity index is 361. The van der Waals surface area contributed by atoms with Crippen LogP contribution in [-0.4, -0.2) is 7.05 Å². The van der Waals surface area contributed by atoms with Crippen LogP contribution in [0.25, 0.3) is 0 Å². The molecule has 16 heavy (non-hydrogen) atoms. The smallest absolute Gasteiger partial charge is 0.142 e. The van der Waals surface area contributed by atoms with Crippen LogP contribution < -0.4 is 5.32 Å². The Morgan fingerprint density at radius 1 is 1.38 bits per heavy atom. The van der Waals surface area contributed by atoms with E-state index in [1.165, 1.54) is 25.7 Å². The summed E-state index contributed by atoms with van der Waals surface area (Å²) < 4.78 is 13.4. The van der Waals surface area contributed by atoms with Crippen LogP contribution >= 0.6 is 11.6 Å². The molecule has 0 aliphatic heterocycles. The van der Waals surface area contributed by atoms with Gasteiger partial charge in [-0.2, -0.15) is 0 Å². The molecule has 0 aromatic heterocycles. The predicted molar refractivity (Wildman–Crippen MR) is 65.2 cm³/mol. The first-order valence-corrected chi connectivity index (χ1v) is 6.22. The lowest BCUT2D eigenvalue weighted by Crippen LogP contribution is -2.23. The van der Waals surface area contributed by atoms with Gasteiger partial charge in [0.1, 0.15) is 5.82 Å². The largest absolute Gasteiger partial charge is 0.313 e. The molecule has 1 nitrogen and oxygen atoms in total. The van der Waals surface area contributed by atoms with Crippen LogP contribution in [0.1, 0.15) is 37.3 Å². The van der Waals surface area contributed by atoms with Crippen LogP contribution in [0.15, 0.2) is 18.2 Å². The van der Waals surface area contributed by atoms with Gasteiger partial charge >= 0.3 is 0 Å². The Labute approximate surface area is 101 Å². The van der Waals surface area contributed by atoms with E-state index < -0.39 is 0 Å². The normalized spacial score (nSPS) is 18.9. The molecule has 88 valence electrons. The molecule has 1 aliphatic carbocycles. The molecule has 0 spiro atoms. The molecule has 1 unspecified atom stereocenters. The lowest BCUT2D eigenvalue weighted by atomic mass is 9.92. The average Bonchev–Trinajstić information content (AvgIpc) is 2.78. The van der Waals surface area contributed by atoms with Gasteiger partial charge < -0.3 is 5.32 Å². The highest BCUT2D eigenvalue weighted by molar-refractivity contribution is 6.30. The predicted octanol–water partition coefficient (Wildman–Crippen LogP) is 3.93. The summed E-state index contributed by atoms with van der Waals surface area (Å²) in [6, 6.07) is 5.38. The van der Waals surface area contributed by atoms with Gasteiger partial charge in [-0.25, -0.2) is 4.39 Å². The molecular weight excluding hydrogens is 225 g/mol. The highest BCUT2D eigenvalue weighted by Gasteiger charge is 2.25. The van der Waals surface area contributed by atoms with Crippen molar-refractivity contribution in [1.82, 2.24) is 5.32 Å². The monoisotopic (exact) mass is 241 g/mol. The minimum absolute atomic E-state index is 0.199. The minimum atomic E-state index is -0.322. The quantitative estimate of drug-likeness (QED) is 0.846. The molecule has 1 saturated carbocycles. The van der Waals surface area contributed by atoms with E-state index in [2.05, 4.69) is 5.32 Å². The SMILES string of the molecule is CNC(c1ccc(Cl)c(F)c1)C1CCCC1. The maximum Gasteiger partial charge on any atom is 0.142 e. The van der Waals surface area contributed by atoms with Crippen LogP contribution in [0.2, 0.25) is 5.02 Å². The molecular formula is C13H17ClFN. The molecule has 1 fully saturated rings. The Balaban J connectivity index is 2.22. The van der Waals surface area contributed by atoms with E-state index in [4.69, 9.17) is 11.6 Å². The molecule has 0 bridgehead atoms. The van der Waals surface area contributed by atoms with Gasteiger partial charge in [-0.05, 0) is 43.5 Å². The Hall–Kier alpha value is -0.600. The van der Waals surface area contributed by atoms with E-state index in [9.17, 15) is 4.39 Å². The molecule has 0 heterocycles. The van der Waals surface area contributed by atoms with Crippen molar-refractivity contribution in [2.45, 2.75) is 31.7 Å². The minimum Gasteiger partial charge on any atom is -0.313 e. The van der Waals surface area contributed by atoms with Crippen LogP contribution in [-0.2, 0) is 0 Å². The second-order valence-electron chi connectivity index (χ2n) is 4.48. The molecule has 0 saturated heterocycles. The first-order chi connectivity index (χ1) is 7.72. The molecule has 1 aliphatic rings. The van der Waals surface area contributed by atoms with Crippen molar-refractivity contribution >= 4 is 11.6 Å². The third-order valence-electron chi connectivity index (χ3n) is 3.49. The summed E-state index contributed by atoms with van der Waals surface area (Å²) in [5.41, 5.74) is 1.01. The zero-order chi connectivity index (χ0) is 11.5. The molecule has 1 N–H and O–H groups in total. The lowest BCUT2D eigenvalue weighted by Gasteiger charge is -2.23. The summed E-state index contributed by atoms with van der Waals surface area (Å²) in [6.45, 7) is 0. The van der Waals surface area contributed by atoms with Gasteiger partial charge in [0, 0.05) is 6.04 Å². The highest BCUT2D eigenvalue weighted by atomic mass is 35.5. The second kappa shape index (κ2) is 5.15. The standard InChI is InChI=1S/C13H17ClFN/c1-16-13(9-4-2-3-5-9)10-6-7-11(14)12(15)8-10/h6-9,13,16H,2-5H2,1H3. The van der Waals surface area contributed by atoms with Crippen LogP contribution in [0.5, 0.6) is 0 Å². The van der Waals surface area contributed by atoms with Gasteiger partial charge in [0.15, 0.2) is 0 Å². The number of nitrogens with one attached hydrogen (secondary N) is 1. The maximum absolute atomic E-state index is 13.4. The van der Waals surface area contributed by atoms with Crippen molar-refractivity contribution in [3.8, 4) is 0 Å². The van der Waals surface area contributed by atoms with Gasteiger partial charge in [-0.15, -0.1) is 0 Å². The number of hydrogen-bond donors (Lipinski definition) is 1. The molecule has 3 heteroatoms. The van der Waals surface area contributed by atoms with Crippen molar-refractivity contribution in [3.63, 3.8) is 0 Å². The van der Waals surface area contributed by atoms with Crippen LogP contribution in [0.4, 0.5) is 4.39 Å². The number of rotatable bonds is 3. The summed E-state index contributed by atoms with van der Waals surface area (Å²) in [7, 11) is 1.94. The molecule has 1 aromatic carbocycles. The van der Waals surface area contributed by atoms with Gasteiger partial charge in [-0.3, -0.25) is 0 Å². The Kier molecular flexibility index (Phi) is 3.82.